The molecule has 0 aliphatic rings. The summed E-state index contributed by atoms with van der Waals surface area (Å²) < 4.78 is 5.05. The largest absolute Gasteiger partial charge is 0.490 e. The first kappa shape index (κ1) is 15.0. The van der Waals surface area contributed by atoms with Gasteiger partial charge in [0.1, 0.15) is 0 Å². The van der Waals surface area contributed by atoms with Gasteiger partial charge >= 0.3 is 5.69 Å². The first-order valence-corrected chi connectivity index (χ1v) is 6.81. The Bertz CT molecular complexity index is 421. The van der Waals surface area contributed by atoms with Crippen LogP contribution in [0.3, 0.4) is 0 Å². The van der Waals surface area contributed by atoms with Crippen molar-refractivity contribution in [3.8, 4) is 5.75 Å². The van der Waals surface area contributed by atoms with Gasteiger partial charge in [-0.3, -0.25) is 10.1 Å². The number of alkyl halides is 1. The molecule has 1 aromatic rings. The Labute approximate surface area is 116 Å². The summed E-state index contributed by atoms with van der Waals surface area (Å²) in [6, 6.07) is 5.03. The first-order valence-electron chi connectivity index (χ1n) is 5.89. The van der Waals surface area contributed by atoms with E-state index in [9.17, 15) is 10.1 Å². The minimum atomic E-state index is -0.428. The van der Waals surface area contributed by atoms with E-state index < -0.39 is 4.92 Å². The average Bonchev–Trinajstić information content (AvgIpc) is 2.27. The molecule has 0 saturated carbocycles. The van der Waals surface area contributed by atoms with E-state index in [0.717, 1.165) is 18.4 Å². The fourth-order valence-electron chi connectivity index (χ4n) is 1.85. The lowest BCUT2D eigenvalue weighted by molar-refractivity contribution is -0.385. The zero-order valence-electron chi connectivity index (χ0n) is 10.9. The van der Waals surface area contributed by atoms with Gasteiger partial charge < -0.3 is 4.74 Å². The molecule has 0 bridgehead atoms. The molecular formula is C13H18BrNO3. The third-order valence-corrected chi connectivity index (χ3v) is 3.32. The summed E-state index contributed by atoms with van der Waals surface area (Å²) in [5.74, 6) is 0.941. The summed E-state index contributed by atoms with van der Waals surface area (Å²) in [6.07, 6.45) is 1.91. The molecule has 0 aromatic heterocycles. The topological polar surface area (TPSA) is 52.4 Å². The normalized spacial score (nSPS) is 12.5. The van der Waals surface area contributed by atoms with Crippen LogP contribution >= 0.6 is 15.9 Å². The van der Waals surface area contributed by atoms with Gasteiger partial charge in [-0.25, -0.2) is 0 Å². The van der Waals surface area contributed by atoms with Crippen LogP contribution in [-0.4, -0.2) is 16.9 Å². The van der Waals surface area contributed by atoms with Gasteiger partial charge in [-0.15, -0.1) is 0 Å². The van der Waals surface area contributed by atoms with Crippen molar-refractivity contribution in [3.05, 3.63) is 33.9 Å². The number of nitrogens with zero attached hydrogens (tertiary/aromatic N) is 1. The molecule has 0 saturated heterocycles. The van der Waals surface area contributed by atoms with Crippen LogP contribution in [0.15, 0.2) is 18.2 Å². The lowest BCUT2D eigenvalue weighted by Gasteiger charge is -2.13. The molecular weight excluding hydrogens is 298 g/mol. The lowest BCUT2D eigenvalue weighted by atomic mass is 10.0. The fourth-order valence-corrected chi connectivity index (χ4v) is 2.97. The lowest BCUT2D eigenvalue weighted by Crippen LogP contribution is -2.07. The number of methoxy groups -OCH3 is 1. The smallest absolute Gasteiger partial charge is 0.310 e. The molecule has 0 amide bonds. The Kier molecular flexibility index (Phi) is 5.59. The van der Waals surface area contributed by atoms with Crippen LogP contribution < -0.4 is 4.74 Å². The van der Waals surface area contributed by atoms with Gasteiger partial charge in [0.15, 0.2) is 5.75 Å². The van der Waals surface area contributed by atoms with Gasteiger partial charge in [0.2, 0.25) is 0 Å². The molecule has 0 fully saturated rings. The van der Waals surface area contributed by atoms with Crippen molar-refractivity contribution in [3.63, 3.8) is 0 Å². The van der Waals surface area contributed by atoms with Gasteiger partial charge in [-0.2, -0.15) is 0 Å². The third kappa shape index (κ3) is 4.29. The number of nitro benzene ring substituents is 1. The quantitative estimate of drug-likeness (QED) is 0.453. The highest BCUT2D eigenvalue weighted by molar-refractivity contribution is 9.09. The van der Waals surface area contributed by atoms with Crippen molar-refractivity contribution < 1.29 is 9.66 Å². The minimum absolute atomic E-state index is 0.0104. The number of hydrogen-bond donors (Lipinski definition) is 0. The molecule has 4 nitrogen and oxygen atoms in total. The Morgan fingerprint density at radius 2 is 2.11 bits per heavy atom. The minimum Gasteiger partial charge on any atom is -0.490 e. The van der Waals surface area contributed by atoms with Gasteiger partial charge in [-0.05, 0) is 30.4 Å². The van der Waals surface area contributed by atoms with Crippen molar-refractivity contribution >= 4 is 21.6 Å². The van der Waals surface area contributed by atoms with Gasteiger partial charge in [-0.1, -0.05) is 35.8 Å². The maximum Gasteiger partial charge on any atom is 0.310 e. The molecule has 1 unspecified atom stereocenters. The molecule has 0 heterocycles. The Morgan fingerprint density at radius 1 is 1.44 bits per heavy atom. The molecule has 1 aromatic carbocycles. The first-order chi connectivity index (χ1) is 8.43. The molecule has 100 valence electrons. The van der Waals surface area contributed by atoms with E-state index in [-0.39, 0.29) is 5.69 Å². The number of rotatable bonds is 6. The standard InChI is InChI=1S/C13H18BrNO3/c1-9(2)6-11(14)7-10-4-5-12(15(16)17)13(8-10)18-3/h4-5,8-9,11H,6-7H2,1-3H3. The zero-order chi connectivity index (χ0) is 13.7. The highest BCUT2D eigenvalue weighted by Crippen LogP contribution is 2.29. The number of hydrogen-bond acceptors (Lipinski definition) is 3. The second kappa shape index (κ2) is 6.73. The predicted molar refractivity (Wildman–Crippen MR) is 75.5 cm³/mol. The van der Waals surface area contributed by atoms with Gasteiger partial charge in [0.25, 0.3) is 0 Å². The van der Waals surface area contributed by atoms with E-state index in [0.29, 0.717) is 16.5 Å². The summed E-state index contributed by atoms with van der Waals surface area (Å²) in [5, 5.41) is 10.8. The van der Waals surface area contributed by atoms with E-state index in [1.54, 1.807) is 12.1 Å². The number of ether oxygens (including phenoxy) is 1. The van der Waals surface area contributed by atoms with E-state index in [4.69, 9.17) is 4.74 Å². The van der Waals surface area contributed by atoms with Crippen molar-refractivity contribution in [1.29, 1.82) is 0 Å². The molecule has 1 atom stereocenters. The highest BCUT2D eigenvalue weighted by Gasteiger charge is 2.16. The Hall–Kier alpha value is -1.10. The molecule has 0 aliphatic carbocycles. The fraction of sp³-hybridized carbons (Fsp3) is 0.538. The van der Waals surface area contributed by atoms with Crippen LogP contribution in [0.2, 0.25) is 0 Å². The molecule has 0 N–H and O–H groups in total. The number of halogens is 1. The number of nitro groups is 1. The van der Waals surface area contributed by atoms with Crippen LogP contribution in [-0.2, 0) is 6.42 Å². The van der Waals surface area contributed by atoms with Crippen molar-refractivity contribution in [2.75, 3.05) is 7.11 Å². The zero-order valence-corrected chi connectivity index (χ0v) is 12.4. The SMILES string of the molecule is COc1cc(CC(Br)CC(C)C)ccc1[N+](=O)[O-]. The molecule has 0 aliphatic heterocycles. The van der Waals surface area contributed by atoms with Crippen LogP contribution in [0.25, 0.3) is 0 Å². The van der Waals surface area contributed by atoms with Crippen molar-refractivity contribution in [1.82, 2.24) is 0 Å². The van der Waals surface area contributed by atoms with Gasteiger partial charge in [0, 0.05) is 10.9 Å². The maximum absolute atomic E-state index is 10.8. The van der Waals surface area contributed by atoms with E-state index in [1.807, 2.05) is 0 Å². The predicted octanol–water partition coefficient (Wildman–Crippen LogP) is 3.96. The van der Waals surface area contributed by atoms with E-state index >= 15 is 0 Å². The maximum atomic E-state index is 10.8. The monoisotopic (exact) mass is 315 g/mol. The Morgan fingerprint density at radius 3 is 2.61 bits per heavy atom. The van der Waals surface area contributed by atoms with Crippen LogP contribution in [0.4, 0.5) is 5.69 Å². The molecule has 1 rings (SSSR count). The van der Waals surface area contributed by atoms with E-state index in [2.05, 4.69) is 29.8 Å². The summed E-state index contributed by atoms with van der Waals surface area (Å²) in [7, 11) is 1.45. The van der Waals surface area contributed by atoms with Crippen LogP contribution in [0.5, 0.6) is 5.75 Å². The highest BCUT2D eigenvalue weighted by atomic mass is 79.9. The third-order valence-electron chi connectivity index (χ3n) is 2.63. The molecule has 5 heteroatoms. The number of benzene rings is 1. The van der Waals surface area contributed by atoms with Gasteiger partial charge in [0.05, 0.1) is 12.0 Å². The molecule has 0 radical (unpaired) electrons. The molecule has 0 spiro atoms. The average molecular weight is 316 g/mol. The molecule has 18 heavy (non-hydrogen) atoms. The summed E-state index contributed by atoms with van der Waals surface area (Å²) in [5.41, 5.74) is 1.05. The second-order valence-electron chi connectivity index (χ2n) is 4.69. The van der Waals surface area contributed by atoms with Crippen molar-refractivity contribution in [2.24, 2.45) is 5.92 Å². The van der Waals surface area contributed by atoms with E-state index in [1.165, 1.54) is 13.2 Å². The van der Waals surface area contributed by atoms with Crippen molar-refractivity contribution in [2.45, 2.75) is 31.5 Å². The summed E-state index contributed by atoms with van der Waals surface area (Å²) in [6.45, 7) is 4.34. The summed E-state index contributed by atoms with van der Waals surface area (Å²) in [4.78, 5) is 10.7. The second-order valence-corrected chi connectivity index (χ2v) is 5.99. The Balaban J connectivity index is 2.82. The van der Waals surface area contributed by atoms with Crippen LogP contribution in [0, 0.1) is 16.0 Å². The van der Waals surface area contributed by atoms with Crippen LogP contribution in [0.1, 0.15) is 25.8 Å². The summed E-state index contributed by atoms with van der Waals surface area (Å²) >= 11 is 3.63.